The summed E-state index contributed by atoms with van der Waals surface area (Å²) in [4.78, 5) is 0. The average molecular weight is 323 g/mol. The van der Waals surface area contributed by atoms with E-state index < -0.39 is 0 Å². The van der Waals surface area contributed by atoms with Crippen LogP contribution in [-0.4, -0.2) is 42.7 Å². The topological polar surface area (TPSA) is 61.3 Å². The van der Waals surface area contributed by atoms with Crippen LogP contribution < -0.4 is 9.47 Å². The fourth-order valence-corrected chi connectivity index (χ4v) is 2.50. The molecular weight excluding hydrogens is 302 g/mol. The van der Waals surface area contributed by atoms with Gasteiger partial charge in [-0.15, -0.1) is 0 Å². The van der Waals surface area contributed by atoms with Crippen LogP contribution in [0.3, 0.4) is 0 Å². The highest BCUT2D eigenvalue weighted by molar-refractivity contribution is 7.71. The van der Waals surface area contributed by atoms with Crippen molar-refractivity contribution in [3.8, 4) is 11.5 Å². The van der Waals surface area contributed by atoms with Crippen LogP contribution in [0.25, 0.3) is 0 Å². The average Bonchev–Trinajstić information content (AvgIpc) is 2.88. The fraction of sp³-hybridized carbons (Fsp3) is 0.467. The van der Waals surface area contributed by atoms with Gasteiger partial charge >= 0.3 is 0 Å². The van der Waals surface area contributed by atoms with Gasteiger partial charge in [-0.25, -0.2) is 0 Å². The van der Waals surface area contributed by atoms with E-state index in [4.69, 9.17) is 26.4 Å². The molecule has 0 radical (unpaired) electrons. The van der Waals surface area contributed by atoms with Crippen molar-refractivity contribution in [3.63, 3.8) is 0 Å². The standard InChI is InChI=1S/C15H21N3O3S/c1-19-8-4-7-18-14(16-17-15(18)22)10-11-5-6-12(20-2)13(9-11)21-3/h5-6,9H,4,7-8,10H2,1-3H3,(H,17,22). The maximum absolute atomic E-state index is 5.33. The molecule has 0 aliphatic rings. The lowest BCUT2D eigenvalue weighted by molar-refractivity contribution is 0.190. The Balaban J connectivity index is 2.18. The smallest absolute Gasteiger partial charge is 0.195 e. The lowest BCUT2D eigenvalue weighted by Crippen LogP contribution is -2.07. The van der Waals surface area contributed by atoms with E-state index in [0.717, 1.165) is 24.4 Å². The van der Waals surface area contributed by atoms with Crippen molar-refractivity contribution in [1.29, 1.82) is 0 Å². The Morgan fingerprint density at radius 3 is 2.64 bits per heavy atom. The summed E-state index contributed by atoms with van der Waals surface area (Å²) < 4.78 is 18.3. The quantitative estimate of drug-likeness (QED) is 0.598. The Morgan fingerprint density at radius 1 is 1.18 bits per heavy atom. The van der Waals surface area contributed by atoms with Crippen LogP contribution in [0.5, 0.6) is 11.5 Å². The second-order valence-electron chi connectivity index (χ2n) is 4.81. The first-order valence-corrected chi connectivity index (χ1v) is 7.44. The minimum Gasteiger partial charge on any atom is -0.493 e. The molecule has 1 aromatic heterocycles. The third-order valence-electron chi connectivity index (χ3n) is 3.38. The molecule has 0 aliphatic heterocycles. The summed E-state index contributed by atoms with van der Waals surface area (Å²) in [5.74, 6) is 2.32. The van der Waals surface area contributed by atoms with Gasteiger partial charge in [0.15, 0.2) is 16.3 Å². The van der Waals surface area contributed by atoms with Crippen molar-refractivity contribution in [2.24, 2.45) is 0 Å². The van der Waals surface area contributed by atoms with Gasteiger partial charge < -0.3 is 18.8 Å². The Labute approximate surface area is 135 Å². The molecule has 7 heteroatoms. The molecule has 1 aromatic carbocycles. The molecule has 0 atom stereocenters. The predicted molar refractivity (Wildman–Crippen MR) is 86.3 cm³/mol. The molecule has 6 nitrogen and oxygen atoms in total. The Morgan fingerprint density at radius 2 is 1.95 bits per heavy atom. The molecule has 0 amide bonds. The maximum atomic E-state index is 5.33. The van der Waals surface area contributed by atoms with Gasteiger partial charge in [0, 0.05) is 26.7 Å². The Kier molecular flexibility index (Phi) is 5.97. The molecular formula is C15H21N3O3S. The van der Waals surface area contributed by atoms with Gasteiger partial charge in [-0.05, 0) is 36.3 Å². The van der Waals surface area contributed by atoms with E-state index >= 15 is 0 Å². The van der Waals surface area contributed by atoms with Crippen molar-refractivity contribution in [1.82, 2.24) is 14.8 Å². The zero-order valence-electron chi connectivity index (χ0n) is 13.1. The van der Waals surface area contributed by atoms with Crippen LogP contribution in [0.1, 0.15) is 17.8 Å². The van der Waals surface area contributed by atoms with Crippen molar-refractivity contribution < 1.29 is 14.2 Å². The molecule has 1 heterocycles. The SMILES string of the molecule is COCCCn1c(Cc2ccc(OC)c(OC)c2)n[nH]c1=S. The second kappa shape index (κ2) is 7.95. The number of rotatable bonds is 8. The lowest BCUT2D eigenvalue weighted by atomic mass is 10.1. The zero-order valence-corrected chi connectivity index (χ0v) is 13.9. The number of hydrogen-bond acceptors (Lipinski definition) is 5. The largest absolute Gasteiger partial charge is 0.493 e. The van der Waals surface area contributed by atoms with Gasteiger partial charge in [-0.2, -0.15) is 5.10 Å². The van der Waals surface area contributed by atoms with Gasteiger partial charge in [0.1, 0.15) is 5.82 Å². The molecule has 0 fully saturated rings. The van der Waals surface area contributed by atoms with Crippen LogP contribution >= 0.6 is 12.2 Å². The summed E-state index contributed by atoms with van der Waals surface area (Å²) in [7, 11) is 4.94. The third-order valence-corrected chi connectivity index (χ3v) is 3.69. The Bertz CT molecular complexity index is 666. The first-order valence-electron chi connectivity index (χ1n) is 7.03. The molecule has 0 saturated heterocycles. The van der Waals surface area contributed by atoms with Gasteiger partial charge in [0.2, 0.25) is 0 Å². The van der Waals surface area contributed by atoms with Crippen LogP contribution in [0.15, 0.2) is 18.2 Å². The van der Waals surface area contributed by atoms with Crippen LogP contribution in [0.2, 0.25) is 0 Å². The summed E-state index contributed by atoms with van der Waals surface area (Å²) in [6.07, 6.45) is 1.56. The van der Waals surface area contributed by atoms with E-state index in [2.05, 4.69) is 10.2 Å². The number of ether oxygens (including phenoxy) is 3. The second-order valence-corrected chi connectivity index (χ2v) is 5.20. The highest BCUT2D eigenvalue weighted by Gasteiger charge is 2.10. The van der Waals surface area contributed by atoms with Gasteiger partial charge in [-0.3, -0.25) is 5.10 Å². The minimum atomic E-state index is 0.631. The van der Waals surface area contributed by atoms with E-state index in [0.29, 0.717) is 29.3 Å². The number of aromatic nitrogens is 3. The van der Waals surface area contributed by atoms with Crippen molar-refractivity contribution in [3.05, 3.63) is 34.4 Å². The number of nitrogens with one attached hydrogen (secondary N) is 1. The molecule has 0 saturated carbocycles. The van der Waals surface area contributed by atoms with Gasteiger partial charge in [0.05, 0.1) is 14.2 Å². The fourth-order valence-electron chi connectivity index (χ4n) is 2.26. The monoisotopic (exact) mass is 323 g/mol. The number of hydrogen-bond donors (Lipinski definition) is 1. The predicted octanol–water partition coefficient (Wildman–Crippen LogP) is 2.59. The van der Waals surface area contributed by atoms with Crippen molar-refractivity contribution >= 4 is 12.2 Å². The van der Waals surface area contributed by atoms with E-state index in [1.807, 2.05) is 22.8 Å². The molecule has 22 heavy (non-hydrogen) atoms. The first-order chi connectivity index (χ1) is 10.7. The highest BCUT2D eigenvalue weighted by atomic mass is 32.1. The van der Waals surface area contributed by atoms with Crippen LogP contribution in [0, 0.1) is 4.77 Å². The summed E-state index contributed by atoms with van der Waals surface area (Å²) in [5.41, 5.74) is 1.08. The van der Waals surface area contributed by atoms with E-state index in [1.54, 1.807) is 21.3 Å². The number of nitrogens with zero attached hydrogens (tertiary/aromatic N) is 2. The molecule has 0 unspecified atom stereocenters. The van der Waals surface area contributed by atoms with Crippen molar-refractivity contribution in [2.75, 3.05) is 27.9 Å². The highest BCUT2D eigenvalue weighted by Crippen LogP contribution is 2.28. The molecule has 2 aromatic rings. The molecule has 2 rings (SSSR count). The van der Waals surface area contributed by atoms with E-state index in [9.17, 15) is 0 Å². The summed E-state index contributed by atoms with van der Waals surface area (Å²) >= 11 is 5.29. The number of benzene rings is 1. The van der Waals surface area contributed by atoms with Crippen LogP contribution in [-0.2, 0) is 17.7 Å². The molecule has 1 N–H and O–H groups in total. The number of aromatic amines is 1. The van der Waals surface area contributed by atoms with E-state index in [-0.39, 0.29) is 0 Å². The summed E-state index contributed by atoms with van der Waals surface area (Å²) in [6, 6.07) is 5.85. The molecule has 0 aliphatic carbocycles. The lowest BCUT2D eigenvalue weighted by Gasteiger charge is -2.10. The van der Waals surface area contributed by atoms with Crippen molar-refractivity contribution in [2.45, 2.75) is 19.4 Å². The first kappa shape index (κ1) is 16.5. The Hall–Kier alpha value is -1.86. The normalized spacial score (nSPS) is 10.7. The van der Waals surface area contributed by atoms with E-state index in [1.165, 1.54) is 0 Å². The maximum Gasteiger partial charge on any atom is 0.195 e. The minimum absolute atomic E-state index is 0.631. The molecule has 0 bridgehead atoms. The third kappa shape index (κ3) is 3.86. The molecule has 0 spiro atoms. The summed E-state index contributed by atoms with van der Waals surface area (Å²) in [5, 5.41) is 7.18. The van der Waals surface area contributed by atoms with Gasteiger partial charge in [0.25, 0.3) is 0 Å². The number of H-pyrrole nitrogens is 1. The summed E-state index contributed by atoms with van der Waals surface area (Å²) in [6.45, 7) is 1.48. The number of methoxy groups -OCH3 is 3. The molecule has 120 valence electrons. The van der Waals surface area contributed by atoms with Crippen LogP contribution in [0.4, 0.5) is 0 Å². The van der Waals surface area contributed by atoms with Gasteiger partial charge in [-0.1, -0.05) is 6.07 Å². The zero-order chi connectivity index (χ0) is 15.9.